The molecule has 11 heavy (non-hydrogen) atoms. The Kier molecular flexibility index (Phi) is 1.13. The van der Waals surface area contributed by atoms with E-state index in [1.54, 1.807) is 6.92 Å². The maximum atomic E-state index is 11.1. The number of hydrogen-bond acceptors (Lipinski definition) is 4. The van der Waals surface area contributed by atoms with E-state index in [0.717, 1.165) is 0 Å². The van der Waals surface area contributed by atoms with E-state index >= 15 is 0 Å². The number of morpholine rings is 1. The number of carbonyl (C=O) groups is 1. The van der Waals surface area contributed by atoms with E-state index in [0.29, 0.717) is 13.2 Å². The van der Waals surface area contributed by atoms with Crippen molar-refractivity contribution >= 4 is 5.97 Å². The number of hydrogen-bond donors (Lipinski definition) is 1. The second kappa shape index (κ2) is 1.76. The number of ether oxygens (including phenoxy) is 2. The molecule has 0 aromatic heterocycles. The fourth-order valence-electron chi connectivity index (χ4n) is 1.50. The minimum atomic E-state index is -0.896. The van der Waals surface area contributed by atoms with Crippen LogP contribution in [0.4, 0.5) is 0 Å². The van der Waals surface area contributed by atoms with Crippen LogP contribution < -0.4 is 5.32 Å². The largest absolute Gasteiger partial charge is 0.460 e. The Hall–Kier alpha value is -0.610. The number of carbonyl (C=O) groups excluding carboxylic acids is 1. The molecule has 2 aliphatic heterocycles. The van der Waals surface area contributed by atoms with E-state index < -0.39 is 5.72 Å². The number of esters is 1. The van der Waals surface area contributed by atoms with E-state index in [1.807, 2.05) is 6.92 Å². The molecule has 0 aromatic carbocycles. The van der Waals surface area contributed by atoms with Gasteiger partial charge in [0.1, 0.15) is 6.61 Å². The van der Waals surface area contributed by atoms with Crippen molar-refractivity contribution in [2.45, 2.75) is 25.1 Å². The van der Waals surface area contributed by atoms with Gasteiger partial charge in [-0.15, -0.1) is 0 Å². The summed E-state index contributed by atoms with van der Waals surface area (Å²) in [5, 5.41) is 3.10. The zero-order valence-electron chi connectivity index (χ0n) is 6.64. The van der Waals surface area contributed by atoms with Crippen LogP contribution in [0, 0.1) is 0 Å². The summed E-state index contributed by atoms with van der Waals surface area (Å²) in [6.07, 6.45) is 0. The standard InChI is InChI=1S/C7H11NO3/c1-6-3-10-5(9)7(2,8-6)11-4-6/h8H,3-4H2,1-2H3/t6-,7-/m0/s1. The molecule has 2 fully saturated rings. The van der Waals surface area contributed by atoms with Crippen LogP contribution in [0.15, 0.2) is 0 Å². The molecule has 0 amide bonds. The number of rotatable bonds is 0. The van der Waals surface area contributed by atoms with E-state index in [1.165, 1.54) is 0 Å². The molecule has 2 saturated heterocycles. The summed E-state index contributed by atoms with van der Waals surface area (Å²) in [6, 6.07) is 0. The van der Waals surface area contributed by atoms with Crippen molar-refractivity contribution in [2.75, 3.05) is 13.2 Å². The van der Waals surface area contributed by atoms with Crippen molar-refractivity contribution in [2.24, 2.45) is 0 Å². The van der Waals surface area contributed by atoms with Crippen LogP contribution >= 0.6 is 0 Å². The third-order valence-corrected chi connectivity index (χ3v) is 2.13. The highest BCUT2D eigenvalue weighted by molar-refractivity contribution is 5.80. The molecule has 0 radical (unpaired) electrons. The van der Waals surface area contributed by atoms with Gasteiger partial charge in [-0.2, -0.15) is 0 Å². The van der Waals surface area contributed by atoms with Gasteiger partial charge in [-0.05, 0) is 13.8 Å². The van der Waals surface area contributed by atoms with Gasteiger partial charge in [0, 0.05) is 0 Å². The Bertz CT molecular complexity index is 218. The molecule has 0 aliphatic carbocycles. The van der Waals surface area contributed by atoms with Gasteiger partial charge in [-0.3, -0.25) is 5.32 Å². The number of cyclic esters (lactones) is 1. The van der Waals surface area contributed by atoms with Gasteiger partial charge in [-0.1, -0.05) is 0 Å². The van der Waals surface area contributed by atoms with Crippen molar-refractivity contribution in [3.05, 3.63) is 0 Å². The Labute approximate surface area is 64.9 Å². The van der Waals surface area contributed by atoms with E-state index in [-0.39, 0.29) is 11.5 Å². The van der Waals surface area contributed by atoms with Gasteiger partial charge >= 0.3 is 5.97 Å². The van der Waals surface area contributed by atoms with Gasteiger partial charge < -0.3 is 9.47 Å². The lowest BCUT2D eigenvalue weighted by Crippen LogP contribution is -2.60. The monoisotopic (exact) mass is 157 g/mol. The van der Waals surface area contributed by atoms with Crippen LogP contribution in [0.3, 0.4) is 0 Å². The van der Waals surface area contributed by atoms with Crippen LogP contribution in [-0.2, 0) is 14.3 Å². The predicted molar refractivity (Wildman–Crippen MR) is 36.9 cm³/mol. The second-order valence-electron chi connectivity index (χ2n) is 3.58. The summed E-state index contributed by atoms with van der Waals surface area (Å²) >= 11 is 0. The molecule has 2 atom stereocenters. The van der Waals surface area contributed by atoms with Crippen LogP contribution in [0.1, 0.15) is 13.8 Å². The van der Waals surface area contributed by atoms with Crippen molar-refractivity contribution in [1.29, 1.82) is 0 Å². The summed E-state index contributed by atoms with van der Waals surface area (Å²) in [6.45, 7) is 4.61. The molecular formula is C7H11NO3. The first kappa shape index (κ1) is 7.06. The average molecular weight is 157 g/mol. The van der Waals surface area contributed by atoms with Crippen molar-refractivity contribution in [1.82, 2.24) is 5.32 Å². The van der Waals surface area contributed by atoms with Crippen molar-refractivity contribution in [3.8, 4) is 0 Å². The second-order valence-corrected chi connectivity index (χ2v) is 3.58. The minimum absolute atomic E-state index is 0.178. The average Bonchev–Trinajstić information content (AvgIpc) is 2.20. The van der Waals surface area contributed by atoms with Crippen molar-refractivity contribution < 1.29 is 14.3 Å². The first-order valence-electron chi connectivity index (χ1n) is 3.65. The smallest absolute Gasteiger partial charge is 0.353 e. The van der Waals surface area contributed by atoms with Gasteiger partial charge in [-0.25, -0.2) is 4.79 Å². The Morgan fingerprint density at radius 2 is 2.18 bits per heavy atom. The van der Waals surface area contributed by atoms with E-state index in [4.69, 9.17) is 9.47 Å². The van der Waals surface area contributed by atoms with E-state index in [9.17, 15) is 4.79 Å². The Morgan fingerprint density at radius 3 is 2.82 bits per heavy atom. The summed E-state index contributed by atoms with van der Waals surface area (Å²) in [7, 11) is 0. The number of fused-ring (bicyclic) bond motifs is 2. The normalized spacial score (nSPS) is 49.1. The van der Waals surface area contributed by atoms with Gasteiger partial charge in [0.05, 0.1) is 12.1 Å². The lowest BCUT2D eigenvalue weighted by Gasteiger charge is -2.32. The zero-order valence-corrected chi connectivity index (χ0v) is 6.64. The number of nitrogens with one attached hydrogen (secondary N) is 1. The fraction of sp³-hybridized carbons (Fsp3) is 0.857. The third kappa shape index (κ3) is 0.862. The summed E-state index contributed by atoms with van der Waals surface area (Å²) in [5.74, 6) is -0.313. The first-order chi connectivity index (χ1) is 5.04. The lowest BCUT2D eigenvalue weighted by atomic mass is 10.0. The van der Waals surface area contributed by atoms with Gasteiger partial charge in [0.15, 0.2) is 0 Å². The molecule has 0 unspecified atom stereocenters. The van der Waals surface area contributed by atoms with Crippen molar-refractivity contribution in [3.63, 3.8) is 0 Å². The summed E-state index contributed by atoms with van der Waals surface area (Å²) in [4.78, 5) is 11.1. The van der Waals surface area contributed by atoms with Gasteiger partial charge in [0.25, 0.3) is 0 Å². The quantitative estimate of drug-likeness (QED) is 0.488. The van der Waals surface area contributed by atoms with Crippen LogP contribution in [0.25, 0.3) is 0 Å². The molecule has 2 heterocycles. The Morgan fingerprint density at radius 1 is 1.45 bits per heavy atom. The SMILES string of the molecule is C[C@@]12COC(=O)[C@@](C)(N1)OC2. The van der Waals surface area contributed by atoms with Crippen LogP contribution in [0.2, 0.25) is 0 Å². The molecule has 2 rings (SSSR count). The maximum absolute atomic E-state index is 11.1. The minimum Gasteiger partial charge on any atom is -0.460 e. The fourth-order valence-corrected chi connectivity index (χ4v) is 1.50. The topological polar surface area (TPSA) is 47.6 Å². The van der Waals surface area contributed by atoms with Crippen LogP contribution in [-0.4, -0.2) is 30.4 Å². The highest BCUT2D eigenvalue weighted by Crippen LogP contribution is 2.29. The van der Waals surface area contributed by atoms with E-state index in [2.05, 4.69) is 5.32 Å². The molecule has 2 aliphatic rings. The molecule has 0 aromatic rings. The molecule has 62 valence electrons. The summed E-state index contributed by atoms with van der Waals surface area (Å²) in [5.41, 5.74) is -1.07. The molecule has 0 saturated carbocycles. The third-order valence-electron chi connectivity index (χ3n) is 2.13. The highest BCUT2D eigenvalue weighted by atomic mass is 16.6. The Balaban J connectivity index is 2.30. The van der Waals surface area contributed by atoms with Gasteiger partial charge in [0.2, 0.25) is 5.72 Å². The molecule has 2 bridgehead atoms. The highest BCUT2D eigenvalue weighted by Gasteiger charge is 2.53. The van der Waals surface area contributed by atoms with Crippen LogP contribution in [0.5, 0.6) is 0 Å². The molecule has 4 nitrogen and oxygen atoms in total. The summed E-state index contributed by atoms with van der Waals surface area (Å²) < 4.78 is 10.2. The lowest BCUT2D eigenvalue weighted by molar-refractivity contribution is -0.170. The molecular weight excluding hydrogens is 146 g/mol. The zero-order chi connectivity index (χ0) is 8.11. The molecule has 4 heteroatoms. The maximum Gasteiger partial charge on any atom is 0.353 e. The first-order valence-corrected chi connectivity index (χ1v) is 3.65. The molecule has 1 N–H and O–H groups in total. The predicted octanol–water partition coefficient (Wildman–Crippen LogP) is -0.362. The molecule has 0 spiro atoms.